The van der Waals surface area contributed by atoms with Crippen LogP contribution < -0.4 is 25.4 Å². The van der Waals surface area contributed by atoms with Crippen LogP contribution in [0, 0.1) is 5.92 Å². The molecule has 182 valence electrons. The van der Waals surface area contributed by atoms with Crippen LogP contribution in [0.3, 0.4) is 0 Å². The standard InChI is InChI=1S/C21H31N5O6S/c1-25-18-16(20(28)26(2)21(25)29)19(33-11-15(27)22-8-9-30-3)24-17(23-18)12-6-7-13(31-4)14(10-12)32-5/h6-7,10,16-19,23-24H,8-9,11H2,1-5H3,(H,22,27). The number of ether oxygens (including phenoxy) is 3. The first kappa shape index (κ1) is 25.1. The molecule has 0 aromatic heterocycles. The van der Waals surface area contributed by atoms with Crippen LogP contribution in [0.15, 0.2) is 18.2 Å². The number of carbonyl (C=O) groups excluding carboxylic acids is 3. The summed E-state index contributed by atoms with van der Waals surface area (Å²) in [5.41, 5.74) is 0.841. The lowest BCUT2D eigenvalue weighted by Gasteiger charge is -2.50. The van der Waals surface area contributed by atoms with E-state index in [9.17, 15) is 14.4 Å². The highest BCUT2D eigenvalue weighted by atomic mass is 32.2. The van der Waals surface area contributed by atoms with E-state index in [2.05, 4.69) is 16.0 Å². The molecule has 33 heavy (non-hydrogen) atoms. The van der Waals surface area contributed by atoms with E-state index in [1.807, 2.05) is 12.1 Å². The topological polar surface area (TPSA) is 121 Å². The Labute approximate surface area is 197 Å². The number of thioether (sulfide) groups is 1. The summed E-state index contributed by atoms with van der Waals surface area (Å²) in [6.07, 6.45) is -0.943. The molecule has 4 amide bonds. The van der Waals surface area contributed by atoms with Crippen molar-refractivity contribution >= 4 is 29.6 Å². The van der Waals surface area contributed by atoms with Crippen molar-refractivity contribution in [3.8, 4) is 11.5 Å². The van der Waals surface area contributed by atoms with E-state index in [0.717, 1.165) is 10.5 Å². The zero-order chi connectivity index (χ0) is 24.1. The first-order valence-electron chi connectivity index (χ1n) is 10.5. The van der Waals surface area contributed by atoms with Gasteiger partial charge in [0.25, 0.3) is 0 Å². The van der Waals surface area contributed by atoms with Crippen molar-refractivity contribution in [3.05, 3.63) is 23.8 Å². The molecule has 2 aliphatic heterocycles. The normalized spacial score (nSPS) is 25.0. The molecule has 3 rings (SSSR count). The number of hydrogen-bond donors (Lipinski definition) is 3. The molecular weight excluding hydrogens is 450 g/mol. The molecule has 3 N–H and O–H groups in total. The largest absolute Gasteiger partial charge is 0.493 e. The van der Waals surface area contributed by atoms with Gasteiger partial charge >= 0.3 is 6.03 Å². The first-order chi connectivity index (χ1) is 15.8. The molecule has 0 saturated carbocycles. The number of urea groups is 1. The maximum absolute atomic E-state index is 13.0. The fraction of sp³-hybridized carbons (Fsp3) is 0.571. The van der Waals surface area contributed by atoms with E-state index in [0.29, 0.717) is 24.7 Å². The van der Waals surface area contributed by atoms with E-state index < -0.39 is 23.6 Å². The van der Waals surface area contributed by atoms with E-state index in [-0.39, 0.29) is 23.6 Å². The quantitative estimate of drug-likeness (QED) is 0.424. The van der Waals surface area contributed by atoms with Gasteiger partial charge in [-0.3, -0.25) is 25.1 Å². The van der Waals surface area contributed by atoms with Crippen molar-refractivity contribution in [1.82, 2.24) is 25.8 Å². The average molecular weight is 482 g/mol. The number of imide groups is 1. The molecule has 0 bridgehead atoms. The van der Waals surface area contributed by atoms with Crippen LogP contribution in [-0.4, -0.2) is 93.5 Å². The molecule has 4 unspecified atom stereocenters. The first-order valence-corrected chi connectivity index (χ1v) is 11.5. The van der Waals surface area contributed by atoms with Crippen LogP contribution >= 0.6 is 11.8 Å². The Bertz CT molecular complexity index is 887. The maximum atomic E-state index is 13.0. The third-order valence-electron chi connectivity index (χ3n) is 5.72. The molecular formula is C21H31N5O6S. The highest BCUT2D eigenvalue weighted by Crippen LogP contribution is 2.36. The Hall–Kier alpha value is -2.54. The van der Waals surface area contributed by atoms with Crippen LogP contribution in [0.4, 0.5) is 4.79 Å². The summed E-state index contributed by atoms with van der Waals surface area (Å²) in [7, 11) is 7.82. The van der Waals surface area contributed by atoms with Gasteiger partial charge in [0.1, 0.15) is 0 Å². The maximum Gasteiger partial charge on any atom is 0.327 e. The van der Waals surface area contributed by atoms with Crippen LogP contribution in [0.2, 0.25) is 0 Å². The second-order valence-electron chi connectivity index (χ2n) is 7.72. The van der Waals surface area contributed by atoms with Crippen molar-refractivity contribution in [2.24, 2.45) is 5.92 Å². The molecule has 2 fully saturated rings. The van der Waals surface area contributed by atoms with Crippen LogP contribution in [-0.2, 0) is 14.3 Å². The number of hydrogen-bond acceptors (Lipinski definition) is 9. The van der Waals surface area contributed by atoms with Gasteiger partial charge in [0.2, 0.25) is 11.8 Å². The Morgan fingerprint density at radius 3 is 2.52 bits per heavy atom. The number of rotatable bonds is 9. The average Bonchev–Trinajstić information content (AvgIpc) is 2.83. The number of benzene rings is 1. The Kier molecular flexibility index (Phi) is 8.40. The minimum atomic E-state index is -0.578. The molecule has 1 aromatic carbocycles. The van der Waals surface area contributed by atoms with Crippen molar-refractivity contribution in [2.75, 3.05) is 54.3 Å². The molecule has 2 saturated heterocycles. The Morgan fingerprint density at radius 1 is 1.12 bits per heavy atom. The third-order valence-corrected chi connectivity index (χ3v) is 6.94. The SMILES string of the molecule is COCCNC(=O)CSC1NC(c2ccc(OC)c(OC)c2)NC2C1C(=O)N(C)C(=O)N2C. The Morgan fingerprint density at radius 2 is 1.85 bits per heavy atom. The predicted molar refractivity (Wildman–Crippen MR) is 123 cm³/mol. The summed E-state index contributed by atoms with van der Waals surface area (Å²) < 4.78 is 15.7. The van der Waals surface area contributed by atoms with Gasteiger partial charge < -0.3 is 24.4 Å². The fourth-order valence-corrected chi connectivity index (χ4v) is 5.07. The third kappa shape index (κ3) is 5.35. The highest BCUT2D eigenvalue weighted by Gasteiger charge is 2.51. The van der Waals surface area contributed by atoms with E-state index in [4.69, 9.17) is 14.2 Å². The summed E-state index contributed by atoms with van der Waals surface area (Å²) >= 11 is 1.33. The number of nitrogens with zero attached hydrogens (tertiary/aromatic N) is 2. The molecule has 0 spiro atoms. The van der Waals surface area contributed by atoms with Gasteiger partial charge in [0, 0.05) is 27.7 Å². The Balaban J connectivity index is 1.84. The summed E-state index contributed by atoms with van der Waals surface area (Å²) in [6, 6.07) is 5.12. The van der Waals surface area contributed by atoms with E-state index in [1.165, 1.54) is 23.7 Å². The fourth-order valence-electron chi connectivity index (χ4n) is 3.93. The summed E-state index contributed by atoms with van der Waals surface area (Å²) in [6.45, 7) is 0.832. The number of nitrogens with one attached hydrogen (secondary N) is 3. The summed E-state index contributed by atoms with van der Waals surface area (Å²) in [5, 5.41) is 9.16. The number of carbonyl (C=O) groups is 3. The van der Waals surface area contributed by atoms with Crippen LogP contribution in [0.5, 0.6) is 11.5 Å². The summed E-state index contributed by atoms with van der Waals surface area (Å²) in [5.74, 6) is 0.272. The number of fused-ring (bicyclic) bond motifs is 1. The molecule has 2 aliphatic rings. The van der Waals surface area contributed by atoms with Gasteiger partial charge in [0.15, 0.2) is 11.5 Å². The minimum Gasteiger partial charge on any atom is -0.493 e. The van der Waals surface area contributed by atoms with Crippen molar-refractivity contribution in [1.29, 1.82) is 0 Å². The minimum absolute atomic E-state index is 0.151. The molecule has 0 aliphatic carbocycles. The van der Waals surface area contributed by atoms with Crippen molar-refractivity contribution < 1.29 is 28.6 Å². The van der Waals surface area contributed by atoms with E-state index >= 15 is 0 Å². The monoisotopic (exact) mass is 481 g/mol. The lowest BCUT2D eigenvalue weighted by molar-refractivity contribution is -0.140. The smallest absolute Gasteiger partial charge is 0.327 e. The highest BCUT2D eigenvalue weighted by molar-refractivity contribution is 8.00. The van der Waals surface area contributed by atoms with E-state index in [1.54, 1.807) is 34.4 Å². The second kappa shape index (κ2) is 11.1. The zero-order valence-corrected chi connectivity index (χ0v) is 20.2. The van der Waals surface area contributed by atoms with Gasteiger partial charge in [-0.15, -0.1) is 11.8 Å². The van der Waals surface area contributed by atoms with Crippen molar-refractivity contribution in [3.63, 3.8) is 0 Å². The lowest BCUT2D eigenvalue weighted by atomic mass is 9.96. The molecule has 12 heteroatoms. The summed E-state index contributed by atoms with van der Waals surface area (Å²) in [4.78, 5) is 40.5. The molecule has 4 atom stereocenters. The van der Waals surface area contributed by atoms with Gasteiger partial charge in [-0.05, 0) is 17.7 Å². The van der Waals surface area contributed by atoms with Gasteiger partial charge in [-0.2, -0.15) is 0 Å². The molecule has 2 heterocycles. The van der Waals surface area contributed by atoms with Gasteiger partial charge in [0.05, 0.1) is 50.2 Å². The predicted octanol–water partition coefficient (Wildman–Crippen LogP) is 0.183. The lowest BCUT2D eigenvalue weighted by Crippen LogP contribution is -2.72. The zero-order valence-electron chi connectivity index (χ0n) is 19.4. The second-order valence-corrected chi connectivity index (χ2v) is 8.85. The van der Waals surface area contributed by atoms with Gasteiger partial charge in [-0.1, -0.05) is 6.07 Å². The molecule has 0 radical (unpaired) electrons. The van der Waals surface area contributed by atoms with Crippen LogP contribution in [0.25, 0.3) is 0 Å². The number of methoxy groups -OCH3 is 3. The number of amides is 4. The van der Waals surface area contributed by atoms with Gasteiger partial charge in [-0.25, -0.2) is 4.79 Å². The molecule has 1 aromatic rings. The van der Waals surface area contributed by atoms with Crippen LogP contribution in [0.1, 0.15) is 11.7 Å². The molecule has 11 nitrogen and oxygen atoms in total. The van der Waals surface area contributed by atoms with Crippen molar-refractivity contribution in [2.45, 2.75) is 17.7 Å².